The summed E-state index contributed by atoms with van der Waals surface area (Å²) in [7, 11) is 1.61. The van der Waals surface area contributed by atoms with E-state index in [-0.39, 0.29) is 23.6 Å². The van der Waals surface area contributed by atoms with Crippen molar-refractivity contribution in [2.75, 3.05) is 11.9 Å². The molecule has 0 saturated heterocycles. The number of pyridine rings is 1. The van der Waals surface area contributed by atoms with Gasteiger partial charge in [0.1, 0.15) is 11.4 Å². The van der Waals surface area contributed by atoms with E-state index in [0.717, 1.165) is 6.07 Å². The van der Waals surface area contributed by atoms with Crippen LogP contribution in [0.1, 0.15) is 27.6 Å². The molecule has 2 heterocycles. The molecule has 128 valence electrons. The largest absolute Gasteiger partial charge is 0.462 e. The summed E-state index contributed by atoms with van der Waals surface area (Å²) >= 11 is 0. The quantitative estimate of drug-likeness (QED) is 0.736. The minimum absolute atomic E-state index is 0.0410. The lowest BCUT2D eigenvalue weighted by atomic mass is 10.1. The van der Waals surface area contributed by atoms with E-state index in [1.165, 1.54) is 23.1 Å². The van der Waals surface area contributed by atoms with Crippen LogP contribution in [0, 0.1) is 5.82 Å². The lowest BCUT2D eigenvalue weighted by Crippen LogP contribution is -2.16. The van der Waals surface area contributed by atoms with Gasteiger partial charge in [0.05, 0.1) is 17.7 Å². The summed E-state index contributed by atoms with van der Waals surface area (Å²) in [4.78, 5) is 28.7. The zero-order chi connectivity index (χ0) is 18.0. The molecule has 0 aliphatic carbocycles. The lowest BCUT2D eigenvalue weighted by molar-refractivity contribution is 0.0527. The first-order chi connectivity index (χ1) is 12.0. The van der Waals surface area contributed by atoms with Gasteiger partial charge >= 0.3 is 5.97 Å². The maximum atomic E-state index is 13.8. The Morgan fingerprint density at radius 3 is 2.88 bits per heavy atom. The molecule has 1 aromatic carbocycles. The molecular formula is C17H15FN4O3. The molecule has 0 aliphatic heterocycles. The van der Waals surface area contributed by atoms with Gasteiger partial charge in [-0.1, -0.05) is 6.07 Å². The lowest BCUT2D eigenvalue weighted by Gasteiger charge is -2.07. The van der Waals surface area contributed by atoms with E-state index >= 15 is 0 Å². The van der Waals surface area contributed by atoms with Crippen molar-refractivity contribution < 1.29 is 18.7 Å². The van der Waals surface area contributed by atoms with Crippen LogP contribution in [0.4, 0.5) is 10.2 Å². The van der Waals surface area contributed by atoms with Gasteiger partial charge in [-0.25, -0.2) is 9.18 Å². The highest BCUT2D eigenvalue weighted by Crippen LogP contribution is 2.21. The number of nitrogens with one attached hydrogen (secondary N) is 1. The third-order valence-corrected chi connectivity index (χ3v) is 3.47. The molecule has 0 atom stereocenters. The fourth-order valence-corrected chi connectivity index (χ4v) is 2.44. The number of benzene rings is 1. The second-order valence-electron chi connectivity index (χ2n) is 5.27. The average molecular weight is 342 g/mol. The molecule has 2 aromatic heterocycles. The minimum atomic E-state index is -0.618. The summed E-state index contributed by atoms with van der Waals surface area (Å²) < 4.78 is 20.1. The molecular weight excluding hydrogens is 327 g/mol. The summed E-state index contributed by atoms with van der Waals surface area (Å²) in [6.45, 7) is 1.87. The van der Waals surface area contributed by atoms with Crippen LogP contribution in [0.2, 0.25) is 0 Å². The number of halogens is 1. The number of aryl methyl sites for hydroxylation is 1. The zero-order valence-corrected chi connectivity index (χ0v) is 13.6. The summed E-state index contributed by atoms with van der Waals surface area (Å²) in [6.07, 6.45) is 2.96. The Balaban J connectivity index is 1.98. The highest BCUT2D eigenvalue weighted by atomic mass is 19.1. The van der Waals surface area contributed by atoms with Crippen LogP contribution in [0.3, 0.4) is 0 Å². The smallest absolute Gasteiger partial charge is 0.343 e. The molecule has 0 aliphatic rings. The monoisotopic (exact) mass is 342 g/mol. The highest BCUT2D eigenvalue weighted by molar-refractivity contribution is 6.13. The van der Waals surface area contributed by atoms with Gasteiger partial charge in [-0.2, -0.15) is 5.10 Å². The number of carbonyl (C=O) groups excluding carboxylic acids is 2. The van der Waals surface area contributed by atoms with Gasteiger partial charge in [0.2, 0.25) is 0 Å². The molecule has 0 bridgehead atoms. The molecule has 1 N–H and O–H groups in total. The normalized spacial score (nSPS) is 10.7. The number of carbonyl (C=O) groups is 2. The molecule has 3 aromatic rings. The first-order valence-electron chi connectivity index (χ1n) is 7.56. The van der Waals surface area contributed by atoms with Gasteiger partial charge in [0.15, 0.2) is 5.82 Å². The van der Waals surface area contributed by atoms with Crippen molar-refractivity contribution in [3.63, 3.8) is 0 Å². The number of aromatic nitrogens is 3. The third kappa shape index (κ3) is 3.32. The van der Waals surface area contributed by atoms with Crippen LogP contribution in [-0.4, -0.2) is 33.2 Å². The summed E-state index contributed by atoms with van der Waals surface area (Å²) in [6, 6.07) is 5.70. The van der Waals surface area contributed by atoms with Crippen molar-refractivity contribution in [2.45, 2.75) is 6.92 Å². The maximum Gasteiger partial charge on any atom is 0.343 e. The Labute approximate surface area is 142 Å². The van der Waals surface area contributed by atoms with Crippen LogP contribution in [-0.2, 0) is 11.8 Å². The van der Waals surface area contributed by atoms with Crippen LogP contribution >= 0.6 is 0 Å². The van der Waals surface area contributed by atoms with Crippen molar-refractivity contribution in [2.24, 2.45) is 7.05 Å². The number of anilines is 1. The van der Waals surface area contributed by atoms with Crippen molar-refractivity contribution in [3.05, 3.63) is 53.6 Å². The predicted octanol–water partition coefficient (Wildman–Crippen LogP) is 2.54. The molecule has 1 amide bonds. The third-order valence-electron chi connectivity index (χ3n) is 3.47. The van der Waals surface area contributed by atoms with E-state index in [4.69, 9.17) is 4.74 Å². The standard InChI is InChI=1S/C17H15FN4O3/c1-3-25-17(24)13-9-22(2)21-15(13)20-16(23)12-8-11(18)7-10-5-4-6-19-14(10)12/h4-9H,3H2,1-2H3,(H,20,21,23). The number of rotatable bonds is 4. The Morgan fingerprint density at radius 1 is 1.32 bits per heavy atom. The molecule has 0 unspecified atom stereocenters. The number of ether oxygens (including phenoxy) is 1. The van der Waals surface area contributed by atoms with Gasteiger partial charge in [0, 0.05) is 24.8 Å². The molecule has 0 saturated carbocycles. The van der Waals surface area contributed by atoms with Crippen molar-refractivity contribution in [3.8, 4) is 0 Å². The second kappa shape index (κ2) is 6.68. The summed E-state index contributed by atoms with van der Waals surface area (Å²) in [5.41, 5.74) is 0.525. The minimum Gasteiger partial charge on any atom is -0.462 e. The number of esters is 1. The first kappa shape index (κ1) is 16.6. The van der Waals surface area contributed by atoms with E-state index in [0.29, 0.717) is 10.9 Å². The summed E-state index contributed by atoms with van der Waals surface area (Å²) in [5.74, 6) is -1.74. The Hall–Kier alpha value is -3.29. The van der Waals surface area contributed by atoms with E-state index < -0.39 is 17.7 Å². The first-order valence-corrected chi connectivity index (χ1v) is 7.56. The molecule has 8 heteroatoms. The maximum absolute atomic E-state index is 13.8. The molecule has 7 nitrogen and oxygen atoms in total. The van der Waals surface area contributed by atoms with Crippen molar-refractivity contribution >= 4 is 28.6 Å². The molecule has 0 fully saturated rings. The number of hydrogen-bond donors (Lipinski definition) is 1. The Kier molecular flexibility index (Phi) is 4.42. The Morgan fingerprint density at radius 2 is 2.12 bits per heavy atom. The predicted molar refractivity (Wildman–Crippen MR) is 88.8 cm³/mol. The molecule has 3 rings (SSSR count). The second-order valence-corrected chi connectivity index (χ2v) is 5.27. The van der Waals surface area contributed by atoms with E-state index in [2.05, 4.69) is 15.4 Å². The summed E-state index contributed by atoms with van der Waals surface area (Å²) in [5, 5.41) is 7.08. The number of nitrogens with zero attached hydrogens (tertiary/aromatic N) is 3. The average Bonchev–Trinajstić information content (AvgIpc) is 2.94. The molecule has 0 spiro atoms. The van der Waals surface area contributed by atoms with Gasteiger partial charge < -0.3 is 10.1 Å². The van der Waals surface area contributed by atoms with Crippen molar-refractivity contribution in [1.29, 1.82) is 0 Å². The molecule has 25 heavy (non-hydrogen) atoms. The highest BCUT2D eigenvalue weighted by Gasteiger charge is 2.21. The fraction of sp³-hybridized carbons (Fsp3) is 0.176. The fourth-order valence-electron chi connectivity index (χ4n) is 2.44. The van der Waals surface area contributed by atoms with Gasteiger partial charge in [-0.15, -0.1) is 0 Å². The van der Waals surface area contributed by atoms with E-state index in [9.17, 15) is 14.0 Å². The van der Waals surface area contributed by atoms with Crippen LogP contribution in [0.25, 0.3) is 10.9 Å². The SMILES string of the molecule is CCOC(=O)c1cn(C)nc1NC(=O)c1cc(F)cc2cccnc12. The van der Waals surface area contributed by atoms with Crippen LogP contribution < -0.4 is 5.32 Å². The van der Waals surface area contributed by atoms with Gasteiger partial charge in [-0.3, -0.25) is 14.5 Å². The molecule has 0 radical (unpaired) electrons. The Bertz CT molecular complexity index is 968. The topological polar surface area (TPSA) is 86.1 Å². The van der Waals surface area contributed by atoms with Gasteiger partial charge in [0.25, 0.3) is 5.91 Å². The van der Waals surface area contributed by atoms with Crippen LogP contribution in [0.5, 0.6) is 0 Å². The van der Waals surface area contributed by atoms with E-state index in [1.54, 1.807) is 26.1 Å². The number of fused-ring (bicyclic) bond motifs is 1. The number of amides is 1. The van der Waals surface area contributed by atoms with Crippen molar-refractivity contribution in [1.82, 2.24) is 14.8 Å². The van der Waals surface area contributed by atoms with Gasteiger partial charge in [-0.05, 0) is 25.1 Å². The zero-order valence-electron chi connectivity index (χ0n) is 13.6. The van der Waals surface area contributed by atoms with E-state index in [1.807, 2.05) is 0 Å². The van der Waals surface area contributed by atoms with Crippen LogP contribution in [0.15, 0.2) is 36.7 Å². The number of hydrogen-bond acceptors (Lipinski definition) is 5.